The van der Waals surface area contributed by atoms with Crippen molar-refractivity contribution in [1.29, 1.82) is 0 Å². The molecule has 270 valence electrons. The van der Waals surface area contributed by atoms with E-state index in [9.17, 15) is 0 Å². The van der Waals surface area contributed by atoms with Crippen LogP contribution in [0.1, 0.15) is 22.3 Å². The quantitative estimate of drug-likeness (QED) is 0.155. The van der Waals surface area contributed by atoms with E-state index in [4.69, 9.17) is 0 Å². The molecule has 0 saturated carbocycles. The fraction of sp³-hybridized carbons (Fsp3) is 0.0182. The highest BCUT2D eigenvalue weighted by atomic mass is 79.9. The molecule has 0 aliphatic heterocycles. The summed E-state index contributed by atoms with van der Waals surface area (Å²) in [5.41, 5.74) is 17.4. The zero-order chi connectivity index (χ0) is 38.2. The maximum absolute atomic E-state index is 3.87. The number of nitrogens with zero attached hydrogens (tertiary/aromatic N) is 1. The summed E-state index contributed by atoms with van der Waals surface area (Å²) in [6.45, 7) is 0. The first kappa shape index (κ1) is 34.7. The van der Waals surface area contributed by atoms with Crippen LogP contribution in [0, 0.1) is 0 Å². The van der Waals surface area contributed by atoms with E-state index in [1.807, 2.05) is 0 Å². The first-order valence-electron chi connectivity index (χ1n) is 19.4. The molecule has 0 fully saturated rings. The largest absolute Gasteiger partial charge is 0.311 e. The van der Waals surface area contributed by atoms with Gasteiger partial charge in [0, 0.05) is 21.5 Å². The number of hydrogen-bond acceptors (Lipinski definition) is 1. The topological polar surface area (TPSA) is 3.24 Å². The summed E-state index contributed by atoms with van der Waals surface area (Å²) in [5, 5.41) is 0. The van der Waals surface area contributed by atoms with Gasteiger partial charge in [0.1, 0.15) is 0 Å². The molecule has 0 unspecified atom stereocenters. The highest BCUT2D eigenvalue weighted by Gasteiger charge is 2.43. The molecule has 9 aromatic rings. The molecule has 10 rings (SSSR count). The molecule has 0 amide bonds. The van der Waals surface area contributed by atoms with E-state index in [-0.39, 0.29) is 0 Å². The van der Waals surface area contributed by atoms with Crippen molar-refractivity contribution in [3.63, 3.8) is 0 Å². The highest BCUT2D eigenvalue weighted by molar-refractivity contribution is 9.10. The number of rotatable bonds is 7. The molecule has 0 heterocycles. The number of halogens is 1. The third-order valence-corrected chi connectivity index (χ3v) is 11.9. The third kappa shape index (κ3) is 6.10. The number of anilines is 3. The van der Waals surface area contributed by atoms with Crippen LogP contribution in [0.15, 0.2) is 235 Å². The second-order valence-electron chi connectivity index (χ2n) is 14.6. The molecular weight excluding hydrogens is 755 g/mol. The normalized spacial score (nSPS) is 12.4. The fourth-order valence-electron chi connectivity index (χ4n) is 8.87. The molecule has 9 aromatic carbocycles. The van der Waals surface area contributed by atoms with Crippen molar-refractivity contribution in [3.05, 3.63) is 257 Å². The molecule has 1 aliphatic carbocycles. The van der Waals surface area contributed by atoms with Crippen molar-refractivity contribution in [2.75, 3.05) is 4.90 Å². The third-order valence-electron chi connectivity index (χ3n) is 11.5. The Kier molecular flexibility index (Phi) is 8.97. The fourth-order valence-corrected chi connectivity index (χ4v) is 9.27. The zero-order valence-electron chi connectivity index (χ0n) is 31.3. The Hall–Kier alpha value is -6.74. The van der Waals surface area contributed by atoms with Crippen LogP contribution in [0.4, 0.5) is 17.1 Å². The lowest BCUT2D eigenvalue weighted by atomic mass is 9.63. The van der Waals surface area contributed by atoms with Gasteiger partial charge in [0.05, 0.1) is 5.41 Å². The monoisotopic (exact) mass is 791 g/mol. The first-order valence-corrected chi connectivity index (χ1v) is 20.2. The maximum Gasteiger partial charge on any atom is 0.0713 e. The molecule has 57 heavy (non-hydrogen) atoms. The van der Waals surface area contributed by atoms with Gasteiger partial charge in [0.2, 0.25) is 0 Å². The average Bonchev–Trinajstić information content (AvgIpc) is 3.39. The summed E-state index contributed by atoms with van der Waals surface area (Å²) in [5.74, 6) is 0. The van der Waals surface area contributed by atoms with Crippen molar-refractivity contribution >= 4 is 33.0 Å². The van der Waals surface area contributed by atoms with E-state index in [1.54, 1.807) is 0 Å². The van der Waals surface area contributed by atoms with Gasteiger partial charge >= 0.3 is 0 Å². The number of fused-ring (bicyclic) bond motifs is 5. The van der Waals surface area contributed by atoms with Gasteiger partial charge in [-0.1, -0.05) is 198 Å². The zero-order valence-corrected chi connectivity index (χ0v) is 32.9. The Bertz CT molecular complexity index is 2680. The van der Waals surface area contributed by atoms with E-state index in [1.165, 1.54) is 66.8 Å². The minimum absolute atomic E-state index is 0.617. The molecule has 1 nitrogen and oxygen atoms in total. The summed E-state index contributed by atoms with van der Waals surface area (Å²) < 4.78 is 1.05. The summed E-state index contributed by atoms with van der Waals surface area (Å²) >= 11 is 3.87. The highest BCUT2D eigenvalue weighted by Crippen LogP contribution is 2.55. The second kappa shape index (κ2) is 14.7. The lowest BCUT2D eigenvalue weighted by molar-refractivity contribution is 0.751. The van der Waals surface area contributed by atoms with Crippen LogP contribution >= 0.6 is 15.9 Å². The van der Waals surface area contributed by atoms with Crippen LogP contribution in [-0.4, -0.2) is 0 Å². The van der Waals surface area contributed by atoms with Crippen LogP contribution in [0.2, 0.25) is 0 Å². The van der Waals surface area contributed by atoms with Gasteiger partial charge < -0.3 is 4.90 Å². The van der Waals surface area contributed by atoms with Crippen molar-refractivity contribution < 1.29 is 0 Å². The standard InChI is InChI=1S/C55H38BrN/c56-45-19-13-18-44(38-45)55(53-24-11-9-22-51(53)49-20-7-8-21-50(49)52-23-10-12-25-54(52)55)43-30-36-48(37-31-43)57(46-32-26-41(27-33-46)39-14-3-1-4-15-39)47-34-28-42(29-35-47)40-16-5-2-6-17-40/h1-38H. The van der Waals surface area contributed by atoms with Gasteiger partial charge in [-0.2, -0.15) is 0 Å². The summed E-state index contributed by atoms with van der Waals surface area (Å²) in [6, 6.07) is 84.0. The van der Waals surface area contributed by atoms with Gasteiger partial charge in [-0.05, 0) is 115 Å². The predicted molar refractivity (Wildman–Crippen MR) is 242 cm³/mol. The lowest BCUT2D eigenvalue weighted by Crippen LogP contribution is -2.31. The van der Waals surface area contributed by atoms with Gasteiger partial charge in [-0.3, -0.25) is 0 Å². The molecule has 0 saturated heterocycles. The Morgan fingerprint density at radius 3 is 1.14 bits per heavy atom. The van der Waals surface area contributed by atoms with E-state index in [0.29, 0.717) is 0 Å². The Morgan fingerprint density at radius 1 is 0.298 bits per heavy atom. The van der Waals surface area contributed by atoms with E-state index < -0.39 is 5.41 Å². The molecule has 0 N–H and O–H groups in total. The average molecular weight is 793 g/mol. The number of hydrogen-bond donors (Lipinski definition) is 0. The van der Waals surface area contributed by atoms with Crippen LogP contribution < -0.4 is 4.90 Å². The minimum Gasteiger partial charge on any atom is -0.311 e. The van der Waals surface area contributed by atoms with Crippen molar-refractivity contribution in [2.24, 2.45) is 0 Å². The van der Waals surface area contributed by atoms with Crippen LogP contribution in [-0.2, 0) is 5.41 Å². The van der Waals surface area contributed by atoms with Gasteiger partial charge in [-0.15, -0.1) is 0 Å². The van der Waals surface area contributed by atoms with Gasteiger partial charge in [-0.25, -0.2) is 0 Å². The van der Waals surface area contributed by atoms with Crippen molar-refractivity contribution in [1.82, 2.24) is 0 Å². The summed E-state index contributed by atoms with van der Waals surface area (Å²) in [7, 11) is 0. The maximum atomic E-state index is 3.87. The van der Waals surface area contributed by atoms with Crippen molar-refractivity contribution in [3.8, 4) is 44.5 Å². The summed E-state index contributed by atoms with van der Waals surface area (Å²) in [6.07, 6.45) is 0. The Balaban J connectivity index is 1.17. The second-order valence-corrected chi connectivity index (χ2v) is 15.5. The van der Waals surface area contributed by atoms with Crippen molar-refractivity contribution in [2.45, 2.75) is 5.41 Å². The number of benzene rings is 9. The van der Waals surface area contributed by atoms with E-state index >= 15 is 0 Å². The molecule has 0 bridgehead atoms. The first-order chi connectivity index (χ1) is 28.2. The Labute approximate surface area is 343 Å². The van der Waals surface area contributed by atoms with Gasteiger partial charge in [0.15, 0.2) is 0 Å². The minimum atomic E-state index is -0.617. The van der Waals surface area contributed by atoms with Crippen LogP contribution in [0.3, 0.4) is 0 Å². The Morgan fingerprint density at radius 2 is 0.684 bits per heavy atom. The van der Waals surface area contributed by atoms with Crippen LogP contribution in [0.5, 0.6) is 0 Å². The smallest absolute Gasteiger partial charge is 0.0713 e. The molecule has 1 aliphatic rings. The van der Waals surface area contributed by atoms with E-state index in [2.05, 4.69) is 251 Å². The molecular formula is C55H38BrN. The molecule has 0 spiro atoms. The molecule has 0 radical (unpaired) electrons. The molecule has 2 heteroatoms. The summed E-state index contributed by atoms with van der Waals surface area (Å²) in [4.78, 5) is 2.37. The van der Waals surface area contributed by atoms with E-state index in [0.717, 1.165) is 21.5 Å². The lowest BCUT2D eigenvalue weighted by Gasteiger charge is -2.38. The predicted octanol–water partition coefficient (Wildman–Crippen LogP) is 15.3. The van der Waals surface area contributed by atoms with Gasteiger partial charge in [0.25, 0.3) is 0 Å². The molecule has 0 aromatic heterocycles. The SMILES string of the molecule is Brc1cccc(C2(c3ccc(N(c4ccc(-c5ccccc5)cc4)c4ccc(-c5ccccc5)cc4)cc3)c3ccccc3-c3ccccc3-c3ccccc32)c1. The molecule has 0 atom stereocenters. The van der Waals surface area contributed by atoms with Crippen LogP contribution in [0.25, 0.3) is 44.5 Å².